The number of aliphatic hydroxyl groups excluding tert-OH is 2. The predicted molar refractivity (Wildman–Crippen MR) is 108 cm³/mol. The van der Waals surface area contributed by atoms with Crippen LogP contribution in [-0.4, -0.2) is 29.0 Å². The molecule has 132 valence electrons. The molecule has 0 aliphatic heterocycles. The van der Waals surface area contributed by atoms with Gasteiger partial charge in [0.1, 0.15) is 0 Å². The minimum absolute atomic E-state index is 0.106. The van der Waals surface area contributed by atoms with Crippen molar-refractivity contribution in [3.63, 3.8) is 0 Å². The molecule has 0 heterocycles. The molecule has 0 aliphatic carbocycles. The molecule has 4 rings (SSSR count). The third-order valence-electron chi connectivity index (χ3n) is 5.23. The standard InChI is InChI=1S/C23H23NO2/c1-23(14-25,15-26)24-13-16-10-11-21-19-8-3-2-6-17(19)18-7-4-5-9-20(18)22(21)12-16/h2-12,24-26H,13-15H2,1H3. The summed E-state index contributed by atoms with van der Waals surface area (Å²) >= 11 is 0. The first-order valence-electron chi connectivity index (χ1n) is 8.94. The maximum atomic E-state index is 9.47. The van der Waals surface area contributed by atoms with Crippen LogP contribution >= 0.6 is 0 Å². The highest BCUT2D eigenvalue weighted by Gasteiger charge is 2.21. The Kier molecular flexibility index (Phi) is 4.37. The molecule has 0 spiro atoms. The van der Waals surface area contributed by atoms with E-state index in [-0.39, 0.29) is 13.2 Å². The van der Waals surface area contributed by atoms with Crippen LogP contribution in [0.5, 0.6) is 0 Å². The summed E-state index contributed by atoms with van der Waals surface area (Å²) < 4.78 is 0. The lowest BCUT2D eigenvalue weighted by Gasteiger charge is -2.26. The molecule has 3 nitrogen and oxygen atoms in total. The molecular formula is C23H23NO2. The quantitative estimate of drug-likeness (QED) is 0.480. The van der Waals surface area contributed by atoms with Crippen molar-refractivity contribution in [2.45, 2.75) is 19.0 Å². The first-order valence-corrected chi connectivity index (χ1v) is 8.94. The van der Waals surface area contributed by atoms with Crippen molar-refractivity contribution in [2.24, 2.45) is 0 Å². The van der Waals surface area contributed by atoms with Crippen LogP contribution in [0.15, 0.2) is 66.7 Å². The number of fused-ring (bicyclic) bond motifs is 6. The monoisotopic (exact) mass is 345 g/mol. The molecule has 0 fully saturated rings. The van der Waals surface area contributed by atoms with Crippen molar-refractivity contribution in [2.75, 3.05) is 13.2 Å². The number of aliphatic hydroxyl groups is 2. The van der Waals surface area contributed by atoms with Crippen molar-refractivity contribution in [1.82, 2.24) is 5.32 Å². The first kappa shape index (κ1) is 17.0. The number of hydrogen-bond donors (Lipinski definition) is 3. The van der Waals surface area contributed by atoms with Crippen molar-refractivity contribution in [1.29, 1.82) is 0 Å². The zero-order valence-corrected chi connectivity index (χ0v) is 14.9. The number of benzene rings is 4. The molecule has 4 aromatic carbocycles. The van der Waals surface area contributed by atoms with E-state index in [1.54, 1.807) is 0 Å². The molecule has 0 unspecified atom stereocenters. The summed E-state index contributed by atoms with van der Waals surface area (Å²) in [6, 6.07) is 23.6. The maximum absolute atomic E-state index is 9.47. The average molecular weight is 345 g/mol. The molecule has 0 saturated heterocycles. The zero-order valence-electron chi connectivity index (χ0n) is 14.9. The van der Waals surface area contributed by atoms with Crippen LogP contribution < -0.4 is 5.32 Å². The Balaban J connectivity index is 1.88. The third-order valence-corrected chi connectivity index (χ3v) is 5.23. The minimum atomic E-state index is -0.680. The second-order valence-electron chi connectivity index (χ2n) is 7.20. The van der Waals surface area contributed by atoms with Gasteiger partial charge in [-0.3, -0.25) is 0 Å². The van der Waals surface area contributed by atoms with E-state index in [0.717, 1.165) is 5.56 Å². The fourth-order valence-corrected chi connectivity index (χ4v) is 3.54. The largest absolute Gasteiger partial charge is 0.394 e. The molecule has 0 saturated carbocycles. The van der Waals surface area contributed by atoms with Crippen molar-refractivity contribution in [3.8, 4) is 0 Å². The van der Waals surface area contributed by atoms with E-state index in [0.29, 0.717) is 6.54 Å². The summed E-state index contributed by atoms with van der Waals surface area (Å²) in [5, 5.41) is 29.7. The van der Waals surface area contributed by atoms with E-state index < -0.39 is 5.54 Å². The Morgan fingerprint density at radius 3 is 1.65 bits per heavy atom. The van der Waals surface area contributed by atoms with Crippen molar-refractivity contribution in [3.05, 3.63) is 72.3 Å². The maximum Gasteiger partial charge on any atom is 0.0633 e. The van der Waals surface area contributed by atoms with Gasteiger partial charge >= 0.3 is 0 Å². The lowest BCUT2D eigenvalue weighted by Crippen LogP contribution is -2.48. The van der Waals surface area contributed by atoms with Crippen LogP contribution in [-0.2, 0) is 6.54 Å². The molecule has 0 aliphatic rings. The van der Waals surface area contributed by atoms with Gasteiger partial charge in [0.25, 0.3) is 0 Å². The fraction of sp³-hybridized carbons (Fsp3) is 0.217. The summed E-state index contributed by atoms with van der Waals surface area (Å²) in [7, 11) is 0. The Labute approximate surface area is 152 Å². The van der Waals surface area contributed by atoms with Crippen LogP contribution in [0.3, 0.4) is 0 Å². The Bertz CT molecular complexity index is 1050. The summed E-state index contributed by atoms with van der Waals surface area (Å²) in [5.74, 6) is 0. The van der Waals surface area contributed by atoms with Crippen molar-refractivity contribution >= 4 is 32.3 Å². The van der Waals surface area contributed by atoms with Crippen molar-refractivity contribution < 1.29 is 10.2 Å². The van der Waals surface area contributed by atoms with Gasteiger partial charge in [0.2, 0.25) is 0 Å². The number of rotatable bonds is 5. The zero-order chi connectivity index (χ0) is 18.1. The lowest BCUT2D eigenvalue weighted by molar-refractivity contribution is 0.103. The second kappa shape index (κ2) is 6.69. The highest BCUT2D eigenvalue weighted by molar-refractivity contribution is 6.25. The van der Waals surface area contributed by atoms with Gasteiger partial charge < -0.3 is 15.5 Å². The van der Waals surface area contributed by atoms with Gasteiger partial charge in [-0.15, -0.1) is 0 Å². The molecule has 0 aromatic heterocycles. The first-order chi connectivity index (χ1) is 12.6. The Morgan fingerprint density at radius 2 is 1.15 bits per heavy atom. The van der Waals surface area contributed by atoms with Crippen LogP contribution in [0.4, 0.5) is 0 Å². The van der Waals surface area contributed by atoms with Gasteiger partial charge in [0.15, 0.2) is 0 Å². The van der Waals surface area contributed by atoms with Gasteiger partial charge in [-0.1, -0.05) is 60.7 Å². The normalized spacial score (nSPS) is 12.3. The average Bonchev–Trinajstić information content (AvgIpc) is 2.72. The highest BCUT2D eigenvalue weighted by atomic mass is 16.3. The molecule has 4 aromatic rings. The van der Waals surface area contributed by atoms with E-state index in [1.165, 1.54) is 32.3 Å². The summed E-state index contributed by atoms with van der Waals surface area (Å²) in [5.41, 5.74) is 0.450. The third kappa shape index (κ3) is 2.84. The molecule has 26 heavy (non-hydrogen) atoms. The van der Waals surface area contributed by atoms with Crippen LogP contribution in [0.1, 0.15) is 12.5 Å². The van der Waals surface area contributed by atoms with Crippen LogP contribution in [0.25, 0.3) is 32.3 Å². The van der Waals surface area contributed by atoms with E-state index in [9.17, 15) is 10.2 Å². The van der Waals surface area contributed by atoms with E-state index >= 15 is 0 Å². The van der Waals surface area contributed by atoms with E-state index in [2.05, 4.69) is 72.0 Å². The predicted octanol–water partition coefficient (Wildman–Crippen LogP) is 3.98. The van der Waals surface area contributed by atoms with Gasteiger partial charge in [-0.2, -0.15) is 0 Å². The summed E-state index contributed by atoms with van der Waals surface area (Å²) in [6.07, 6.45) is 0. The SMILES string of the molecule is CC(CO)(CO)NCc1ccc2c3ccccc3c3ccccc3c2c1. The smallest absolute Gasteiger partial charge is 0.0633 e. The lowest BCUT2D eigenvalue weighted by atomic mass is 9.93. The van der Waals surface area contributed by atoms with Crippen LogP contribution in [0.2, 0.25) is 0 Å². The highest BCUT2D eigenvalue weighted by Crippen LogP contribution is 2.35. The Morgan fingerprint density at radius 1 is 0.692 bits per heavy atom. The number of hydrogen-bond acceptors (Lipinski definition) is 3. The molecule has 0 bridgehead atoms. The molecular weight excluding hydrogens is 322 g/mol. The van der Waals surface area contributed by atoms with Gasteiger partial charge in [0, 0.05) is 6.54 Å². The number of nitrogens with one attached hydrogen (secondary N) is 1. The van der Waals surface area contributed by atoms with Crippen LogP contribution in [0, 0.1) is 0 Å². The molecule has 3 heteroatoms. The minimum Gasteiger partial charge on any atom is -0.394 e. The van der Waals surface area contributed by atoms with Gasteiger partial charge in [-0.05, 0) is 50.9 Å². The Hall–Kier alpha value is -2.46. The molecule has 0 radical (unpaired) electrons. The second-order valence-corrected chi connectivity index (χ2v) is 7.20. The van der Waals surface area contributed by atoms with E-state index in [4.69, 9.17) is 0 Å². The summed E-state index contributed by atoms with van der Waals surface area (Å²) in [6.45, 7) is 2.20. The summed E-state index contributed by atoms with van der Waals surface area (Å²) in [4.78, 5) is 0. The van der Waals surface area contributed by atoms with Gasteiger partial charge in [0.05, 0.1) is 18.8 Å². The topological polar surface area (TPSA) is 52.5 Å². The molecule has 3 N–H and O–H groups in total. The molecule has 0 amide bonds. The molecule has 0 atom stereocenters. The fourth-order valence-electron chi connectivity index (χ4n) is 3.54. The van der Waals surface area contributed by atoms with E-state index in [1.807, 2.05) is 6.92 Å². The van der Waals surface area contributed by atoms with Gasteiger partial charge in [-0.25, -0.2) is 0 Å².